The fourth-order valence-electron chi connectivity index (χ4n) is 2.17. The second-order valence-electron chi connectivity index (χ2n) is 5.48. The number of aryl methyl sites for hydroxylation is 2. The van der Waals surface area contributed by atoms with Gasteiger partial charge in [0.2, 0.25) is 5.71 Å². The number of hydrogen-bond acceptors (Lipinski definition) is 5. The Labute approximate surface area is 158 Å². The second-order valence-corrected chi connectivity index (χ2v) is 5.86. The first-order valence-electron chi connectivity index (χ1n) is 7.45. The van der Waals surface area contributed by atoms with E-state index in [1.165, 1.54) is 12.1 Å². The summed E-state index contributed by atoms with van der Waals surface area (Å²) in [6, 6.07) is 9.04. The van der Waals surface area contributed by atoms with Gasteiger partial charge >= 0.3 is 6.18 Å². The lowest BCUT2D eigenvalue weighted by Crippen LogP contribution is -2.06. The Morgan fingerprint density at radius 2 is 1.70 bits per heavy atom. The van der Waals surface area contributed by atoms with Crippen molar-refractivity contribution in [2.75, 3.05) is 5.43 Å². The molecule has 0 aliphatic heterocycles. The SMILES string of the molecule is Cc1cc(Oc2ccc(C(F)(F)F)cc2NN=C(C#N)C#N)cc(C)c1Cl. The number of benzene rings is 2. The summed E-state index contributed by atoms with van der Waals surface area (Å²) < 4.78 is 44.6. The normalized spacial score (nSPS) is 10.5. The van der Waals surface area contributed by atoms with E-state index in [4.69, 9.17) is 26.9 Å². The average Bonchev–Trinajstić information content (AvgIpc) is 2.60. The maximum atomic E-state index is 13.0. The van der Waals surface area contributed by atoms with Gasteiger partial charge in [0, 0.05) is 5.02 Å². The number of rotatable bonds is 4. The van der Waals surface area contributed by atoms with Gasteiger partial charge in [-0.2, -0.15) is 28.8 Å². The Kier molecular flexibility index (Phi) is 5.94. The lowest BCUT2D eigenvalue weighted by molar-refractivity contribution is -0.137. The zero-order chi connectivity index (χ0) is 20.2. The Balaban J connectivity index is 2.47. The molecule has 0 spiro atoms. The molecule has 2 rings (SSSR count). The number of nitrogens with one attached hydrogen (secondary N) is 1. The number of halogens is 4. The lowest BCUT2D eigenvalue weighted by Gasteiger charge is -2.15. The number of anilines is 1. The van der Waals surface area contributed by atoms with Gasteiger partial charge in [0.05, 0.1) is 11.3 Å². The van der Waals surface area contributed by atoms with E-state index in [1.807, 2.05) is 0 Å². The maximum Gasteiger partial charge on any atom is 0.416 e. The Morgan fingerprint density at radius 3 is 2.22 bits per heavy atom. The fraction of sp³-hybridized carbons (Fsp3) is 0.167. The topological polar surface area (TPSA) is 81.2 Å². The summed E-state index contributed by atoms with van der Waals surface area (Å²) in [6.07, 6.45) is -4.58. The van der Waals surface area contributed by atoms with Gasteiger partial charge in [-0.1, -0.05) is 11.6 Å². The van der Waals surface area contributed by atoms with E-state index < -0.39 is 17.5 Å². The van der Waals surface area contributed by atoms with Crippen LogP contribution in [-0.2, 0) is 6.18 Å². The van der Waals surface area contributed by atoms with E-state index in [0.717, 1.165) is 29.3 Å². The smallest absolute Gasteiger partial charge is 0.416 e. The molecule has 0 saturated heterocycles. The van der Waals surface area contributed by atoms with E-state index in [-0.39, 0.29) is 11.4 Å². The number of alkyl halides is 3. The quantitative estimate of drug-likeness (QED) is 0.543. The second kappa shape index (κ2) is 7.98. The molecule has 0 atom stereocenters. The molecule has 0 heterocycles. The van der Waals surface area contributed by atoms with E-state index in [0.29, 0.717) is 10.8 Å². The van der Waals surface area contributed by atoms with Gasteiger partial charge in [-0.15, -0.1) is 0 Å². The third-order valence-corrected chi connectivity index (χ3v) is 4.04. The van der Waals surface area contributed by atoms with Crippen molar-refractivity contribution in [3.05, 3.63) is 52.0 Å². The third-order valence-electron chi connectivity index (χ3n) is 3.44. The highest BCUT2D eigenvalue weighted by molar-refractivity contribution is 6.32. The van der Waals surface area contributed by atoms with E-state index in [2.05, 4.69) is 10.5 Å². The van der Waals surface area contributed by atoms with Crippen LogP contribution in [-0.4, -0.2) is 5.71 Å². The number of ether oxygens (including phenoxy) is 1. The van der Waals surface area contributed by atoms with Gasteiger partial charge in [0.25, 0.3) is 0 Å². The van der Waals surface area contributed by atoms with Crippen LogP contribution < -0.4 is 10.2 Å². The zero-order valence-electron chi connectivity index (χ0n) is 14.1. The van der Waals surface area contributed by atoms with Crippen molar-refractivity contribution in [2.24, 2.45) is 5.10 Å². The molecule has 0 radical (unpaired) electrons. The summed E-state index contributed by atoms with van der Waals surface area (Å²) in [7, 11) is 0. The molecule has 2 aromatic rings. The first-order valence-corrected chi connectivity index (χ1v) is 7.83. The molecule has 1 N–H and O–H groups in total. The standard InChI is InChI=1S/C18H12ClF3N4O/c1-10-5-14(6-11(2)17(10)19)27-16-4-3-12(18(20,21)22)7-15(16)26-25-13(8-23)9-24/h3-7,26H,1-2H3. The number of hydrazone groups is 1. The van der Waals surface area contributed by atoms with Crippen molar-refractivity contribution in [2.45, 2.75) is 20.0 Å². The largest absolute Gasteiger partial charge is 0.455 e. The summed E-state index contributed by atoms with van der Waals surface area (Å²) in [4.78, 5) is 0. The molecule has 0 aromatic heterocycles. The Bertz CT molecular complexity index is 949. The molecular formula is C18H12ClF3N4O. The van der Waals surface area contributed by atoms with Crippen LogP contribution in [0, 0.1) is 36.5 Å². The highest BCUT2D eigenvalue weighted by Crippen LogP contribution is 2.37. The molecule has 9 heteroatoms. The van der Waals surface area contributed by atoms with Crippen LogP contribution in [0.15, 0.2) is 35.4 Å². The zero-order valence-corrected chi connectivity index (χ0v) is 14.9. The van der Waals surface area contributed by atoms with Crippen LogP contribution in [0.2, 0.25) is 5.02 Å². The highest BCUT2D eigenvalue weighted by Gasteiger charge is 2.31. The highest BCUT2D eigenvalue weighted by atomic mass is 35.5. The Hall–Kier alpha value is -3.23. The van der Waals surface area contributed by atoms with E-state index in [1.54, 1.807) is 26.0 Å². The van der Waals surface area contributed by atoms with Crippen molar-refractivity contribution in [3.8, 4) is 23.6 Å². The van der Waals surface area contributed by atoms with Gasteiger partial charge < -0.3 is 4.74 Å². The number of nitriles is 2. The first kappa shape index (κ1) is 20.1. The van der Waals surface area contributed by atoms with E-state index in [9.17, 15) is 13.2 Å². The molecule has 2 aromatic carbocycles. The molecule has 0 saturated carbocycles. The van der Waals surface area contributed by atoms with Crippen molar-refractivity contribution >= 4 is 23.0 Å². The Morgan fingerprint density at radius 1 is 1.11 bits per heavy atom. The molecular weight excluding hydrogens is 381 g/mol. The molecule has 0 aliphatic carbocycles. The molecule has 138 valence electrons. The van der Waals surface area contributed by atoms with Gasteiger partial charge in [0.15, 0.2) is 5.75 Å². The van der Waals surface area contributed by atoms with Gasteiger partial charge in [-0.05, 0) is 55.3 Å². The molecule has 0 amide bonds. The van der Waals surface area contributed by atoms with Crippen LogP contribution in [0.25, 0.3) is 0 Å². The monoisotopic (exact) mass is 392 g/mol. The summed E-state index contributed by atoms with van der Waals surface area (Å²) in [5, 5.41) is 21.5. The van der Waals surface area contributed by atoms with Crippen molar-refractivity contribution in [1.82, 2.24) is 0 Å². The van der Waals surface area contributed by atoms with Gasteiger partial charge in [0.1, 0.15) is 17.9 Å². The predicted molar refractivity (Wildman–Crippen MR) is 94.7 cm³/mol. The predicted octanol–water partition coefficient (Wildman–Crippen LogP) is 5.58. The minimum absolute atomic E-state index is 0.0307. The van der Waals surface area contributed by atoms with Crippen LogP contribution in [0.1, 0.15) is 16.7 Å². The molecule has 27 heavy (non-hydrogen) atoms. The van der Waals surface area contributed by atoms with Crippen molar-refractivity contribution < 1.29 is 17.9 Å². The lowest BCUT2D eigenvalue weighted by atomic mass is 10.1. The third kappa shape index (κ3) is 4.90. The van der Waals surface area contributed by atoms with Crippen LogP contribution in [0.3, 0.4) is 0 Å². The van der Waals surface area contributed by atoms with Crippen molar-refractivity contribution in [3.63, 3.8) is 0 Å². The fourth-order valence-corrected chi connectivity index (χ4v) is 2.27. The summed E-state index contributed by atoms with van der Waals surface area (Å²) in [5.74, 6) is 0.394. The minimum Gasteiger partial charge on any atom is -0.455 e. The molecule has 0 unspecified atom stereocenters. The molecule has 0 bridgehead atoms. The molecule has 5 nitrogen and oxygen atoms in total. The van der Waals surface area contributed by atoms with Crippen LogP contribution in [0.5, 0.6) is 11.5 Å². The number of nitrogens with zero attached hydrogens (tertiary/aromatic N) is 3. The summed E-state index contributed by atoms with van der Waals surface area (Å²) in [6.45, 7) is 3.54. The van der Waals surface area contributed by atoms with Crippen LogP contribution in [0.4, 0.5) is 18.9 Å². The van der Waals surface area contributed by atoms with Crippen LogP contribution >= 0.6 is 11.6 Å². The summed E-state index contributed by atoms with van der Waals surface area (Å²) in [5.41, 5.74) is 2.12. The first-order chi connectivity index (χ1) is 12.7. The maximum absolute atomic E-state index is 13.0. The molecule has 0 fully saturated rings. The van der Waals surface area contributed by atoms with Crippen molar-refractivity contribution in [1.29, 1.82) is 10.5 Å². The minimum atomic E-state index is -4.58. The van der Waals surface area contributed by atoms with Gasteiger partial charge in [-0.25, -0.2) is 0 Å². The van der Waals surface area contributed by atoms with E-state index >= 15 is 0 Å². The average molecular weight is 393 g/mol. The molecule has 0 aliphatic rings. The van der Waals surface area contributed by atoms with Gasteiger partial charge in [-0.3, -0.25) is 5.43 Å². The number of hydrogen-bond donors (Lipinski definition) is 1. The summed E-state index contributed by atoms with van der Waals surface area (Å²) >= 11 is 6.10.